The number of halogens is 1. The minimum Gasteiger partial charge on any atom is -0.493 e. The van der Waals surface area contributed by atoms with Crippen LogP contribution in [-0.4, -0.2) is 44.0 Å². The Hall–Kier alpha value is -3.09. The molecular weight excluding hydrogens is 423 g/mol. The molecular formula is C26H31FN2O4. The number of carbonyl (C=O) groups is 2. The highest BCUT2D eigenvalue weighted by atomic mass is 19.1. The second-order valence-corrected chi connectivity index (χ2v) is 8.85. The quantitative estimate of drug-likeness (QED) is 0.671. The summed E-state index contributed by atoms with van der Waals surface area (Å²) in [6.07, 6.45) is 6.35. The third-order valence-electron chi connectivity index (χ3n) is 6.88. The second-order valence-electron chi connectivity index (χ2n) is 8.85. The number of hydrogen-bond donors (Lipinski definition) is 1. The van der Waals surface area contributed by atoms with Crippen LogP contribution in [0.5, 0.6) is 11.5 Å². The van der Waals surface area contributed by atoms with Crippen LogP contribution < -0.4 is 14.8 Å². The number of ether oxygens (including phenoxy) is 2. The van der Waals surface area contributed by atoms with E-state index in [2.05, 4.69) is 5.32 Å². The molecule has 2 aromatic rings. The van der Waals surface area contributed by atoms with Crippen molar-refractivity contribution >= 4 is 11.8 Å². The highest BCUT2D eigenvalue weighted by Crippen LogP contribution is 2.46. The van der Waals surface area contributed by atoms with Crippen molar-refractivity contribution in [3.63, 3.8) is 0 Å². The van der Waals surface area contributed by atoms with Gasteiger partial charge in [0.1, 0.15) is 5.82 Å². The number of rotatable bonds is 5. The Morgan fingerprint density at radius 3 is 2.27 bits per heavy atom. The third-order valence-corrected chi connectivity index (χ3v) is 6.88. The largest absolute Gasteiger partial charge is 0.493 e. The lowest BCUT2D eigenvalue weighted by atomic mass is 9.78. The van der Waals surface area contributed by atoms with Gasteiger partial charge in [-0.1, -0.05) is 43.9 Å². The second kappa shape index (κ2) is 9.81. The van der Waals surface area contributed by atoms with Gasteiger partial charge in [-0.25, -0.2) is 4.39 Å². The van der Waals surface area contributed by atoms with Gasteiger partial charge >= 0.3 is 0 Å². The van der Waals surface area contributed by atoms with E-state index in [0.717, 1.165) is 25.7 Å². The van der Waals surface area contributed by atoms with Crippen LogP contribution in [0.2, 0.25) is 0 Å². The maximum atomic E-state index is 14.9. The monoisotopic (exact) mass is 454 g/mol. The van der Waals surface area contributed by atoms with Crippen molar-refractivity contribution in [2.75, 3.05) is 21.3 Å². The molecule has 0 bridgehead atoms. The SMILES string of the molecule is COc1cc2c(cc1OC)C(C(=O)NC1CCCCCC1)C(c1ccccc1F)N(C)C2=O. The van der Waals surface area contributed by atoms with Crippen LogP contribution in [0, 0.1) is 5.82 Å². The fraction of sp³-hybridized carbons (Fsp3) is 0.462. The predicted molar refractivity (Wildman–Crippen MR) is 123 cm³/mol. The molecule has 1 aliphatic carbocycles. The fourth-order valence-electron chi connectivity index (χ4n) is 5.15. The molecule has 7 heteroatoms. The van der Waals surface area contributed by atoms with Crippen molar-refractivity contribution in [2.24, 2.45) is 0 Å². The number of carbonyl (C=O) groups excluding carboxylic acids is 2. The molecule has 0 saturated heterocycles. The minimum absolute atomic E-state index is 0.0767. The van der Waals surface area contributed by atoms with Gasteiger partial charge in [-0.05, 0) is 36.6 Å². The lowest BCUT2D eigenvalue weighted by Crippen LogP contribution is -2.47. The number of likely N-dealkylation sites (N-methyl/N-ethyl adjacent to an activating group) is 1. The van der Waals surface area contributed by atoms with Crippen LogP contribution in [0.1, 0.15) is 72.0 Å². The molecule has 1 heterocycles. The lowest BCUT2D eigenvalue weighted by molar-refractivity contribution is -0.125. The summed E-state index contributed by atoms with van der Waals surface area (Å²) in [5.41, 5.74) is 1.20. The summed E-state index contributed by atoms with van der Waals surface area (Å²) in [6, 6.07) is 8.91. The van der Waals surface area contributed by atoms with Crippen LogP contribution >= 0.6 is 0 Å². The summed E-state index contributed by atoms with van der Waals surface area (Å²) in [5.74, 6) is -0.903. The van der Waals surface area contributed by atoms with Crippen LogP contribution in [0.4, 0.5) is 4.39 Å². The number of benzene rings is 2. The maximum Gasteiger partial charge on any atom is 0.254 e. The van der Waals surface area contributed by atoms with Gasteiger partial charge in [0.25, 0.3) is 5.91 Å². The summed E-state index contributed by atoms with van der Waals surface area (Å²) < 4.78 is 25.8. The van der Waals surface area contributed by atoms with Crippen LogP contribution in [0.3, 0.4) is 0 Å². The third kappa shape index (κ3) is 4.41. The first-order valence-corrected chi connectivity index (χ1v) is 11.5. The summed E-state index contributed by atoms with van der Waals surface area (Å²) >= 11 is 0. The molecule has 1 aliphatic heterocycles. The molecule has 0 aromatic heterocycles. The number of hydrogen-bond acceptors (Lipinski definition) is 4. The first-order chi connectivity index (χ1) is 16.0. The average molecular weight is 455 g/mol. The molecule has 33 heavy (non-hydrogen) atoms. The highest BCUT2D eigenvalue weighted by molar-refractivity contribution is 6.02. The van der Waals surface area contributed by atoms with Gasteiger partial charge in [0.05, 0.1) is 26.2 Å². The molecule has 1 N–H and O–H groups in total. The van der Waals surface area contributed by atoms with Crippen LogP contribution in [0.25, 0.3) is 0 Å². The van der Waals surface area contributed by atoms with E-state index in [9.17, 15) is 14.0 Å². The Bertz CT molecular complexity index is 1030. The minimum atomic E-state index is -0.789. The average Bonchev–Trinajstić information content (AvgIpc) is 3.09. The lowest BCUT2D eigenvalue weighted by Gasteiger charge is -2.40. The Balaban J connectivity index is 1.83. The summed E-state index contributed by atoms with van der Waals surface area (Å²) in [5, 5.41) is 3.22. The molecule has 1 saturated carbocycles. The van der Waals surface area contributed by atoms with Gasteiger partial charge < -0.3 is 19.7 Å². The summed E-state index contributed by atoms with van der Waals surface area (Å²) in [4.78, 5) is 28.6. The number of nitrogens with one attached hydrogen (secondary N) is 1. The Morgan fingerprint density at radius 1 is 1.00 bits per heavy atom. The summed E-state index contributed by atoms with van der Waals surface area (Å²) in [7, 11) is 4.63. The zero-order valence-corrected chi connectivity index (χ0v) is 19.4. The number of fused-ring (bicyclic) bond motifs is 1. The standard InChI is InChI=1S/C26H31FN2O4/c1-29-24(17-12-8-9-13-20(17)27)23(25(30)28-16-10-6-4-5-7-11-16)18-14-21(32-2)22(33-3)15-19(18)26(29)31/h8-9,12-16,23-24H,4-7,10-11H2,1-3H3,(H,28,30). The predicted octanol–water partition coefficient (Wildman–Crippen LogP) is 4.59. The molecule has 176 valence electrons. The molecule has 6 nitrogen and oxygen atoms in total. The number of methoxy groups -OCH3 is 2. The van der Waals surface area contributed by atoms with Crippen molar-refractivity contribution in [3.8, 4) is 11.5 Å². The smallest absolute Gasteiger partial charge is 0.254 e. The number of amides is 2. The molecule has 2 unspecified atom stereocenters. The van der Waals surface area contributed by atoms with E-state index in [1.54, 1.807) is 37.4 Å². The van der Waals surface area contributed by atoms with E-state index in [1.165, 1.54) is 38.0 Å². The summed E-state index contributed by atoms with van der Waals surface area (Å²) in [6.45, 7) is 0. The van der Waals surface area contributed by atoms with Gasteiger partial charge in [-0.15, -0.1) is 0 Å². The Labute approximate surface area is 194 Å². The van der Waals surface area contributed by atoms with Crippen molar-refractivity contribution in [3.05, 3.63) is 58.9 Å². The molecule has 2 atom stereocenters. The van der Waals surface area contributed by atoms with Gasteiger partial charge in [-0.2, -0.15) is 0 Å². The molecule has 0 spiro atoms. The first-order valence-electron chi connectivity index (χ1n) is 11.5. The fourth-order valence-corrected chi connectivity index (χ4v) is 5.15. The molecule has 1 fully saturated rings. The zero-order chi connectivity index (χ0) is 23.5. The number of nitrogens with zero attached hydrogens (tertiary/aromatic N) is 1. The Morgan fingerprint density at radius 2 is 1.64 bits per heavy atom. The van der Waals surface area contributed by atoms with Gasteiger partial charge in [0.2, 0.25) is 5.91 Å². The molecule has 2 amide bonds. The van der Waals surface area contributed by atoms with Crippen LogP contribution in [-0.2, 0) is 4.79 Å². The zero-order valence-electron chi connectivity index (χ0n) is 19.4. The maximum absolute atomic E-state index is 14.9. The van der Waals surface area contributed by atoms with Crippen molar-refractivity contribution < 1.29 is 23.5 Å². The van der Waals surface area contributed by atoms with Gasteiger partial charge in [-0.3, -0.25) is 9.59 Å². The highest BCUT2D eigenvalue weighted by Gasteiger charge is 2.44. The van der Waals surface area contributed by atoms with Crippen LogP contribution in [0.15, 0.2) is 36.4 Å². The molecule has 2 aromatic carbocycles. The van der Waals surface area contributed by atoms with E-state index in [-0.39, 0.29) is 17.9 Å². The normalized spacial score (nSPS) is 21.2. The van der Waals surface area contributed by atoms with Crippen molar-refractivity contribution in [1.29, 1.82) is 0 Å². The van der Waals surface area contributed by atoms with E-state index in [4.69, 9.17) is 9.47 Å². The van der Waals surface area contributed by atoms with E-state index >= 15 is 0 Å². The molecule has 2 aliphatic rings. The topological polar surface area (TPSA) is 67.9 Å². The molecule has 4 rings (SSSR count). The molecule has 0 radical (unpaired) electrons. The van der Waals surface area contributed by atoms with Crippen molar-refractivity contribution in [2.45, 2.75) is 56.5 Å². The Kier molecular flexibility index (Phi) is 6.86. The van der Waals surface area contributed by atoms with Gasteiger partial charge in [0.15, 0.2) is 11.5 Å². The van der Waals surface area contributed by atoms with Gasteiger partial charge in [0, 0.05) is 24.2 Å². The van der Waals surface area contributed by atoms with E-state index < -0.39 is 17.8 Å². The van der Waals surface area contributed by atoms with E-state index in [1.807, 2.05) is 0 Å². The van der Waals surface area contributed by atoms with E-state index in [0.29, 0.717) is 28.2 Å². The first kappa shape index (κ1) is 23.1. The van der Waals surface area contributed by atoms with Crippen molar-refractivity contribution in [1.82, 2.24) is 10.2 Å².